The third-order valence-electron chi connectivity index (χ3n) is 2.22. The highest BCUT2D eigenvalue weighted by atomic mass is 35.5. The molecule has 0 radical (unpaired) electrons. The van der Waals surface area contributed by atoms with E-state index in [1.54, 1.807) is 0 Å². The van der Waals surface area contributed by atoms with Gasteiger partial charge in [-0.25, -0.2) is 23.1 Å². The van der Waals surface area contributed by atoms with E-state index < -0.39 is 20.6 Å². The molecule has 0 fully saturated rings. The van der Waals surface area contributed by atoms with Crippen LogP contribution in [0.25, 0.3) is 0 Å². The van der Waals surface area contributed by atoms with Crippen molar-refractivity contribution in [3.8, 4) is 0 Å². The number of rotatable bonds is 4. The first-order valence-corrected chi connectivity index (χ1v) is 7.00. The smallest absolute Gasteiger partial charge is 0.258 e. The van der Waals surface area contributed by atoms with Crippen LogP contribution in [0.4, 0.5) is 11.6 Å². The fourth-order valence-corrected chi connectivity index (χ4v) is 2.49. The Morgan fingerprint density at radius 1 is 1.25 bits per heavy atom. The van der Waals surface area contributed by atoms with E-state index in [-0.39, 0.29) is 15.9 Å². The first-order valence-electron chi connectivity index (χ1n) is 5.14. The molecule has 2 aromatic rings. The summed E-state index contributed by atoms with van der Waals surface area (Å²) in [5, 5.41) is 10.6. The number of anilines is 1. The number of hydrogen-bond acceptors (Lipinski definition) is 6. The van der Waals surface area contributed by atoms with Crippen molar-refractivity contribution in [3.05, 3.63) is 51.8 Å². The molecule has 0 amide bonds. The Balaban J connectivity index is 2.40. The van der Waals surface area contributed by atoms with Gasteiger partial charge in [-0.1, -0.05) is 11.6 Å². The van der Waals surface area contributed by atoms with E-state index >= 15 is 0 Å². The minimum atomic E-state index is -4.02. The summed E-state index contributed by atoms with van der Waals surface area (Å²) in [5.74, 6) is -0.134. The molecule has 0 bridgehead atoms. The highest BCUT2D eigenvalue weighted by Crippen LogP contribution is 2.27. The zero-order valence-corrected chi connectivity index (χ0v) is 11.3. The molecule has 0 aliphatic carbocycles. The van der Waals surface area contributed by atoms with Gasteiger partial charge in [0.25, 0.3) is 15.7 Å². The molecule has 10 heteroatoms. The Kier molecular flexibility index (Phi) is 3.81. The molecular weight excluding hydrogens is 308 g/mol. The summed E-state index contributed by atoms with van der Waals surface area (Å²) in [6.07, 6.45) is 2.71. The number of sulfonamides is 1. The summed E-state index contributed by atoms with van der Waals surface area (Å²) < 4.78 is 26.2. The largest absolute Gasteiger partial charge is 0.289 e. The maximum atomic E-state index is 12.0. The van der Waals surface area contributed by atoms with E-state index in [0.717, 1.165) is 18.2 Å². The van der Waals surface area contributed by atoms with E-state index in [2.05, 4.69) is 14.7 Å². The van der Waals surface area contributed by atoms with Crippen LogP contribution in [-0.4, -0.2) is 23.3 Å². The number of nitrogens with one attached hydrogen (secondary N) is 1. The summed E-state index contributed by atoms with van der Waals surface area (Å²) in [7, 11) is -4.02. The molecule has 20 heavy (non-hydrogen) atoms. The number of aromatic nitrogens is 2. The van der Waals surface area contributed by atoms with Crippen molar-refractivity contribution >= 4 is 33.3 Å². The van der Waals surface area contributed by atoms with Gasteiger partial charge in [0.15, 0.2) is 0 Å². The summed E-state index contributed by atoms with van der Waals surface area (Å²) in [5.41, 5.74) is -0.497. The second-order valence-electron chi connectivity index (χ2n) is 3.55. The average molecular weight is 315 g/mol. The quantitative estimate of drug-likeness (QED) is 0.680. The monoisotopic (exact) mass is 314 g/mol. The van der Waals surface area contributed by atoms with Gasteiger partial charge in [-0.15, -0.1) is 0 Å². The molecule has 0 spiro atoms. The molecule has 104 valence electrons. The van der Waals surface area contributed by atoms with Crippen molar-refractivity contribution in [1.29, 1.82) is 0 Å². The topological polar surface area (TPSA) is 115 Å². The molecule has 0 atom stereocenters. The Hall–Kier alpha value is -2.26. The van der Waals surface area contributed by atoms with Crippen molar-refractivity contribution in [2.45, 2.75) is 4.90 Å². The number of nitrogens with zero attached hydrogens (tertiary/aromatic N) is 3. The molecular formula is C10H7ClN4O4S. The first kappa shape index (κ1) is 14.2. The van der Waals surface area contributed by atoms with Crippen LogP contribution in [0.5, 0.6) is 0 Å². The normalized spacial score (nSPS) is 11.1. The Morgan fingerprint density at radius 2 is 1.90 bits per heavy atom. The Labute approximate surface area is 118 Å². The fraction of sp³-hybridized carbons (Fsp3) is 0. The zero-order chi connectivity index (χ0) is 14.8. The van der Waals surface area contributed by atoms with Crippen LogP contribution in [0, 0.1) is 10.1 Å². The Bertz CT molecular complexity index is 751. The highest BCUT2D eigenvalue weighted by molar-refractivity contribution is 7.92. The van der Waals surface area contributed by atoms with Crippen LogP contribution in [0.1, 0.15) is 0 Å². The van der Waals surface area contributed by atoms with Gasteiger partial charge in [-0.2, -0.15) is 0 Å². The third-order valence-corrected chi connectivity index (χ3v) is 3.86. The van der Waals surface area contributed by atoms with Crippen LogP contribution >= 0.6 is 11.6 Å². The lowest BCUT2D eigenvalue weighted by Gasteiger charge is -2.06. The van der Waals surface area contributed by atoms with Gasteiger partial charge < -0.3 is 0 Å². The van der Waals surface area contributed by atoms with Crippen molar-refractivity contribution in [2.75, 3.05) is 4.72 Å². The lowest BCUT2D eigenvalue weighted by molar-refractivity contribution is -0.384. The van der Waals surface area contributed by atoms with E-state index in [9.17, 15) is 18.5 Å². The number of benzene rings is 1. The summed E-state index contributed by atoms with van der Waals surface area (Å²) in [6.45, 7) is 0. The molecule has 8 nitrogen and oxygen atoms in total. The van der Waals surface area contributed by atoms with Crippen LogP contribution in [0.15, 0.2) is 41.6 Å². The second-order valence-corrected chi connectivity index (χ2v) is 5.64. The number of hydrogen-bond donors (Lipinski definition) is 1. The molecule has 2 rings (SSSR count). The van der Waals surface area contributed by atoms with Gasteiger partial charge in [0.05, 0.1) is 9.82 Å². The first-order chi connectivity index (χ1) is 9.40. The summed E-state index contributed by atoms with van der Waals surface area (Å²) >= 11 is 5.62. The average Bonchev–Trinajstić information content (AvgIpc) is 2.39. The van der Waals surface area contributed by atoms with Crippen molar-refractivity contribution in [1.82, 2.24) is 9.97 Å². The predicted molar refractivity (Wildman–Crippen MR) is 70.9 cm³/mol. The molecule has 0 saturated carbocycles. The molecule has 1 N–H and O–H groups in total. The summed E-state index contributed by atoms with van der Waals surface area (Å²) in [4.78, 5) is 17.1. The van der Waals surface area contributed by atoms with Gasteiger partial charge in [0.2, 0.25) is 5.95 Å². The van der Waals surface area contributed by atoms with Crippen molar-refractivity contribution < 1.29 is 13.3 Å². The molecule has 0 unspecified atom stereocenters. The van der Waals surface area contributed by atoms with Gasteiger partial charge in [-0.3, -0.25) is 10.1 Å². The molecule has 1 heterocycles. The van der Waals surface area contributed by atoms with E-state index in [1.165, 1.54) is 18.5 Å². The minimum absolute atomic E-state index is 0.134. The van der Waals surface area contributed by atoms with E-state index in [1.807, 2.05) is 0 Å². The summed E-state index contributed by atoms with van der Waals surface area (Å²) in [6, 6.07) is 4.68. The van der Waals surface area contributed by atoms with Gasteiger partial charge in [0, 0.05) is 18.5 Å². The van der Waals surface area contributed by atoms with Gasteiger partial charge in [0.1, 0.15) is 5.02 Å². The molecule has 1 aromatic carbocycles. The van der Waals surface area contributed by atoms with Crippen molar-refractivity contribution in [3.63, 3.8) is 0 Å². The minimum Gasteiger partial charge on any atom is -0.258 e. The number of halogens is 1. The Morgan fingerprint density at radius 3 is 2.50 bits per heavy atom. The third kappa shape index (κ3) is 3.00. The highest BCUT2D eigenvalue weighted by Gasteiger charge is 2.21. The maximum absolute atomic E-state index is 12.0. The van der Waals surface area contributed by atoms with Crippen molar-refractivity contribution in [2.24, 2.45) is 0 Å². The SMILES string of the molecule is O=[N+]([O-])c1cc(S(=O)(=O)Nc2ncccn2)ccc1Cl. The molecule has 0 saturated heterocycles. The molecule has 1 aromatic heterocycles. The second kappa shape index (κ2) is 5.39. The standard InChI is InChI=1S/C10H7ClN4O4S/c11-8-3-2-7(6-9(8)15(16)17)20(18,19)14-10-12-4-1-5-13-10/h1-6H,(H,12,13,14). The predicted octanol–water partition coefficient (Wildman–Crippen LogP) is 1.84. The lowest BCUT2D eigenvalue weighted by atomic mass is 10.3. The zero-order valence-electron chi connectivity index (χ0n) is 9.72. The van der Waals surface area contributed by atoms with Crippen LogP contribution in [0.3, 0.4) is 0 Å². The number of nitro groups is 1. The van der Waals surface area contributed by atoms with Crippen LogP contribution in [-0.2, 0) is 10.0 Å². The maximum Gasteiger partial charge on any atom is 0.289 e. The van der Waals surface area contributed by atoms with E-state index in [0.29, 0.717) is 0 Å². The van der Waals surface area contributed by atoms with E-state index in [4.69, 9.17) is 11.6 Å². The van der Waals surface area contributed by atoms with Crippen LogP contribution in [0.2, 0.25) is 5.02 Å². The van der Waals surface area contributed by atoms with Gasteiger partial charge in [-0.05, 0) is 18.2 Å². The molecule has 0 aliphatic rings. The number of nitro benzene ring substituents is 1. The molecule has 0 aliphatic heterocycles. The van der Waals surface area contributed by atoms with Crippen LogP contribution < -0.4 is 4.72 Å². The van der Waals surface area contributed by atoms with Gasteiger partial charge >= 0.3 is 0 Å². The lowest BCUT2D eigenvalue weighted by Crippen LogP contribution is -2.15. The fourth-order valence-electron chi connectivity index (χ4n) is 1.33.